The summed E-state index contributed by atoms with van der Waals surface area (Å²) in [6.07, 6.45) is 2.61. The summed E-state index contributed by atoms with van der Waals surface area (Å²) in [5, 5.41) is 11.6. The molecular formula is C13H20N4O2. The van der Waals surface area contributed by atoms with Gasteiger partial charge >= 0.3 is 0 Å². The molecular weight excluding hydrogens is 244 g/mol. The van der Waals surface area contributed by atoms with E-state index in [1.54, 1.807) is 6.07 Å². The molecule has 1 aliphatic carbocycles. The maximum Gasteiger partial charge on any atom is 0.188 e. The van der Waals surface area contributed by atoms with Crippen LogP contribution >= 0.6 is 0 Å². The molecule has 1 aliphatic rings. The number of pyridine rings is 1. The molecule has 0 amide bonds. The first-order chi connectivity index (χ1) is 9.20. The zero-order chi connectivity index (χ0) is 13.7. The number of amidine groups is 1. The highest BCUT2D eigenvalue weighted by molar-refractivity contribution is 5.95. The van der Waals surface area contributed by atoms with Crippen molar-refractivity contribution >= 4 is 11.7 Å². The number of anilines is 1. The summed E-state index contributed by atoms with van der Waals surface area (Å²) in [4.78, 5) is 6.31. The van der Waals surface area contributed by atoms with Gasteiger partial charge in [0.05, 0.1) is 6.61 Å². The Morgan fingerprint density at radius 2 is 2.37 bits per heavy atom. The lowest BCUT2D eigenvalue weighted by atomic mass is 10.3. The summed E-state index contributed by atoms with van der Waals surface area (Å²) in [6, 6.07) is 5.42. The normalized spacial score (nSPS) is 15.5. The van der Waals surface area contributed by atoms with Gasteiger partial charge in [0.25, 0.3) is 0 Å². The van der Waals surface area contributed by atoms with Gasteiger partial charge in [0.15, 0.2) is 5.84 Å². The van der Waals surface area contributed by atoms with Crippen molar-refractivity contribution < 1.29 is 9.94 Å². The maximum absolute atomic E-state index is 8.64. The molecule has 0 atom stereocenters. The summed E-state index contributed by atoms with van der Waals surface area (Å²) in [6.45, 7) is 2.31. The van der Waals surface area contributed by atoms with E-state index in [-0.39, 0.29) is 5.84 Å². The number of nitrogens with two attached hydrogens (primary N) is 1. The molecule has 1 fully saturated rings. The third kappa shape index (κ3) is 4.10. The van der Waals surface area contributed by atoms with E-state index in [4.69, 9.17) is 15.7 Å². The standard InChI is InChI=1S/C13H20N4O2/c1-17(7-8-19-9-10-5-6-10)12-4-2-3-11(15-12)13(14)16-18/h2-4,10,18H,5-9H2,1H3,(H2,14,16). The Labute approximate surface area is 112 Å². The Balaban J connectivity index is 1.84. The van der Waals surface area contributed by atoms with Gasteiger partial charge in [0.2, 0.25) is 0 Å². The van der Waals surface area contributed by atoms with Crippen molar-refractivity contribution in [3.63, 3.8) is 0 Å². The van der Waals surface area contributed by atoms with Crippen LogP contribution in [-0.2, 0) is 4.74 Å². The molecule has 0 unspecified atom stereocenters. The SMILES string of the molecule is CN(CCOCC1CC1)c1cccc(C(N)=NO)n1. The van der Waals surface area contributed by atoms with E-state index in [9.17, 15) is 0 Å². The molecule has 0 spiro atoms. The minimum absolute atomic E-state index is 0.0141. The summed E-state index contributed by atoms with van der Waals surface area (Å²) in [5.41, 5.74) is 5.98. The zero-order valence-electron chi connectivity index (χ0n) is 11.1. The average molecular weight is 264 g/mol. The van der Waals surface area contributed by atoms with Crippen molar-refractivity contribution in [3.05, 3.63) is 23.9 Å². The zero-order valence-corrected chi connectivity index (χ0v) is 11.1. The van der Waals surface area contributed by atoms with E-state index in [1.807, 2.05) is 24.1 Å². The highest BCUT2D eigenvalue weighted by Crippen LogP contribution is 2.28. The van der Waals surface area contributed by atoms with Gasteiger partial charge < -0.3 is 20.6 Å². The predicted octanol–water partition coefficient (Wildman–Crippen LogP) is 1.04. The van der Waals surface area contributed by atoms with Gasteiger partial charge in [-0.15, -0.1) is 0 Å². The minimum Gasteiger partial charge on any atom is -0.409 e. The lowest BCUT2D eigenvalue weighted by Crippen LogP contribution is -2.25. The number of hydrogen-bond donors (Lipinski definition) is 2. The van der Waals surface area contributed by atoms with Crippen molar-refractivity contribution in [2.24, 2.45) is 16.8 Å². The molecule has 6 nitrogen and oxygen atoms in total. The Kier molecular flexibility index (Phi) is 4.57. The molecule has 6 heteroatoms. The molecule has 2 rings (SSSR count). The summed E-state index contributed by atoms with van der Waals surface area (Å²) in [5.74, 6) is 1.58. The van der Waals surface area contributed by atoms with E-state index >= 15 is 0 Å². The third-order valence-corrected chi connectivity index (χ3v) is 3.12. The molecule has 0 saturated heterocycles. The van der Waals surface area contributed by atoms with Crippen LogP contribution in [0.3, 0.4) is 0 Å². The number of likely N-dealkylation sites (N-methyl/N-ethyl adjacent to an activating group) is 1. The fourth-order valence-electron chi connectivity index (χ4n) is 1.68. The van der Waals surface area contributed by atoms with Gasteiger partial charge in [-0.05, 0) is 30.9 Å². The second kappa shape index (κ2) is 6.38. The first-order valence-corrected chi connectivity index (χ1v) is 6.44. The van der Waals surface area contributed by atoms with Gasteiger partial charge in [-0.3, -0.25) is 0 Å². The van der Waals surface area contributed by atoms with Crippen LogP contribution in [0.1, 0.15) is 18.5 Å². The van der Waals surface area contributed by atoms with Crippen LogP contribution in [0.4, 0.5) is 5.82 Å². The highest BCUT2D eigenvalue weighted by Gasteiger charge is 2.21. The number of rotatable bonds is 7. The van der Waals surface area contributed by atoms with Crippen molar-refractivity contribution in [1.29, 1.82) is 0 Å². The molecule has 104 valence electrons. The molecule has 1 saturated carbocycles. The van der Waals surface area contributed by atoms with Gasteiger partial charge in [-0.2, -0.15) is 0 Å². The lowest BCUT2D eigenvalue weighted by Gasteiger charge is -2.18. The smallest absolute Gasteiger partial charge is 0.188 e. The summed E-state index contributed by atoms with van der Waals surface area (Å²) < 4.78 is 5.59. The summed E-state index contributed by atoms with van der Waals surface area (Å²) >= 11 is 0. The monoisotopic (exact) mass is 264 g/mol. The maximum atomic E-state index is 8.64. The topological polar surface area (TPSA) is 84.0 Å². The first kappa shape index (κ1) is 13.6. The van der Waals surface area contributed by atoms with Gasteiger partial charge in [0, 0.05) is 20.2 Å². The number of aromatic nitrogens is 1. The first-order valence-electron chi connectivity index (χ1n) is 6.44. The number of oxime groups is 1. The Morgan fingerprint density at radius 3 is 3.05 bits per heavy atom. The van der Waals surface area contributed by atoms with E-state index in [0.717, 1.165) is 24.9 Å². The van der Waals surface area contributed by atoms with Crippen LogP contribution in [0.15, 0.2) is 23.4 Å². The van der Waals surface area contributed by atoms with Gasteiger partial charge in [0.1, 0.15) is 11.5 Å². The Morgan fingerprint density at radius 1 is 1.58 bits per heavy atom. The molecule has 0 aliphatic heterocycles. The van der Waals surface area contributed by atoms with E-state index < -0.39 is 0 Å². The van der Waals surface area contributed by atoms with E-state index in [2.05, 4.69) is 10.1 Å². The van der Waals surface area contributed by atoms with Crippen molar-refractivity contribution in [1.82, 2.24) is 4.98 Å². The van der Waals surface area contributed by atoms with E-state index in [1.165, 1.54) is 12.8 Å². The van der Waals surface area contributed by atoms with Crippen molar-refractivity contribution in [3.8, 4) is 0 Å². The summed E-state index contributed by atoms with van der Waals surface area (Å²) in [7, 11) is 1.94. The second-order valence-corrected chi connectivity index (χ2v) is 4.81. The Hall–Kier alpha value is -1.82. The Bertz CT molecular complexity index is 446. The van der Waals surface area contributed by atoms with Gasteiger partial charge in [-0.25, -0.2) is 4.98 Å². The molecule has 1 aromatic rings. The minimum atomic E-state index is 0.0141. The average Bonchev–Trinajstić information content (AvgIpc) is 3.26. The molecule has 3 N–H and O–H groups in total. The van der Waals surface area contributed by atoms with Crippen LogP contribution in [0.5, 0.6) is 0 Å². The molecule has 0 aromatic carbocycles. The quantitative estimate of drug-likeness (QED) is 0.253. The molecule has 0 radical (unpaired) electrons. The van der Waals surface area contributed by atoms with E-state index in [0.29, 0.717) is 12.3 Å². The second-order valence-electron chi connectivity index (χ2n) is 4.81. The largest absolute Gasteiger partial charge is 0.409 e. The molecule has 19 heavy (non-hydrogen) atoms. The number of nitrogens with zero attached hydrogens (tertiary/aromatic N) is 3. The number of hydrogen-bond acceptors (Lipinski definition) is 5. The molecule has 0 bridgehead atoms. The lowest BCUT2D eigenvalue weighted by molar-refractivity contribution is 0.131. The van der Waals surface area contributed by atoms with Crippen LogP contribution < -0.4 is 10.6 Å². The van der Waals surface area contributed by atoms with Crippen LogP contribution in [0.25, 0.3) is 0 Å². The third-order valence-electron chi connectivity index (χ3n) is 3.12. The molecule has 1 aromatic heterocycles. The highest BCUT2D eigenvalue weighted by atomic mass is 16.5. The number of ether oxygens (including phenoxy) is 1. The van der Waals surface area contributed by atoms with Crippen LogP contribution in [-0.4, -0.2) is 42.8 Å². The predicted molar refractivity (Wildman–Crippen MR) is 73.6 cm³/mol. The van der Waals surface area contributed by atoms with Crippen molar-refractivity contribution in [2.75, 3.05) is 31.7 Å². The molecule has 1 heterocycles. The fraction of sp³-hybridized carbons (Fsp3) is 0.538. The fourth-order valence-corrected chi connectivity index (χ4v) is 1.68. The van der Waals surface area contributed by atoms with Crippen LogP contribution in [0, 0.1) is 5.92 Å². The van der Waals surface area contributed by atoms with Crippen molar-refractivity contribution in [2.45, 2.75) is 12.8 Å². The van der Waals surface area contributed by atoms with Gasteiger partial charge in [-0.1, -0.05) is 11.2 Å². The van der Waals surface area contributed by atoms with Crippen LogP contribution in [0.2, 0.25) is 0 Å².